The largest absolute Gasteiger partial charge is 0.427 e. The van der Waals surface area contributed by atoms with Crippen LogP contribution in [0.1, 0.15) is 50.7 Å². The van der Waals surface area contributed by atoms with E-state index in [1.54, 1.807) is 12.1 Å². The van der Waals surface area contributed by atoms with Crippen molar-refractivity contribution in [2.24, 2.45) is 5.41 Å². The maximum atomic E-state index is 13.4. The Morgan fingerprint density at radius 3 is 2.48 bits per heavy atom. The fourth-order valence-corrected chi connectivity index (χ4v) is 5.03. The number of nitrogens with one attached hydrogen (secondary N) is 1. The molecule has 0 unspecified atom stereocenters. The smallest absolute Gasteiger partial charge is 0.308 e. The number of allylic oxidation sites excluding steroid dienone is 2. The number of benzene rings is 3. The molecule has 0 saturated heterocycles. The van der Waals surface area contributed by atoms with Gasteiger partial charge in [0.25, 0.3) is 0 Å². The van der Waals surface area contributed by atoms with Crippen LogP contribution in [-0.2, 0) is 9.59 Å². The topological polar surface area (TPSA) is 55.4 Å². The third-order valence-corrected chi connectivity index (χ3v) is 6.23. The van der Waals surface area contributed by atoms with Crippen molar-refractivity contribution in [3.63, 3.8) is 0 Å². The van der Waals surface area contributed by atoms with Crippen molar-refractivity contribution in [1.29, 1.82) is 0 Å². The van der Waals surface area contributed by atoms with E-state index < -0.39 is 0 Å². The molecule has 1 aliphatic carbocycles. The number of ether oxygens (including phenoxy) is 1. The van der Waals surface area contributed by atoms with Gasteiger partial charge in [-0.05, 0) is 51.9 Å². The summed E-state index contributed by atoms with van der Waals surface area (Å²) in [4.78, 5) is 24.7. The number of fused-ring (bicyclic) bond motifs is 3. The normalized spacial score (nSPS) is 19.5. The maximum absolute atomic E-state index is 13.4. The molecule has 3 aromatic rings. The van der Waals surface area contributed by atoms with E-state index in [1.165, 1.54) is 6.92 Å². The number of carbonyl (C=O) groups excluding carboxylic acids is 2. The first-order chi connectivity index (χ1) is 14.8. The molecule has 1 N–H and O–H groups in total. The highest BCUT2D eigenvalue weighted by Crippen LogP contribution is 2.50. The van der Waals surface area contributed by atoms with Gasteiger partial charge in [0.05, 0.1) is 0 Å². The molecule has 4 heteroatoms. The lowest BCUT2D eigenvalue weighted by atomic mass is 9.68. The SMILES string of the molecule is CC(=O)Oc1ccc([C@H]2C3=C(CC(C)(C)CC3=O)Nc3ccc4ccccc4c32)cc1. The molecule has 0 amide bonds. The Morgan fingerprint density at radius 2 is 1.74 bits per heavy atom. The van der Waals surface area contributed by atoms with Crippen molar-refractivity contribution in [3.05, 3.63) is 83.1 Å². The van der Waals surface area contributed by atoms with Crippen LogP contribution in [0, 0.1) is 5.41 Å². The van der Waals surface area contributed by atoms with Gasteiger partial charge in [0.2, 0.25) is 0 Å². The van der Waals surface area contributed by atoms with Crippen LogP contribution in [0.4, 0.5) is 5.69 Å². The Hall–Kier alpha value is -3.40. The first kappa shape index (κ1) is 19.6. The Balaban J connectivity index is 1.73. The van der Waals surface area contributed by atoms with E-state index in [1.807, 2.05) is 24.3 Å². The van der Waals surface area contributed by atoms with E-state index in [2.05, 4.69) is 43.4 Å². The van der Waals surface area contributed by atoms with Crippen LogP contribution >= 0.6 is 0 Å². The average Bonchev–Trinajstić information content (AvgIpc) is 2.71. The predicted octanol–water partition coefficient (Wildman–Crippen LogP) is 5.97. The number of esters is 1. The van der Waals surface area contributed by atoms with Crippen molar-refractivity contribution in [2.45, 2.75) is 39.5 Å². The highest BCUT2D eigenvalue weighted by atomic mass is 16.5. The molecule has 0 saturated carbocycles. The van der Waals surface area contributed by atoms with Gasteiger partial charge in [0.1, 0.15) is 5.75 Å². The van der Waals surface area contributed by atoms with Gasteiger partial charge in [0.15, 0.2) is 5.78 Å². The van der Waals surface area contributed by atoms with Crippen molar-refractivity contribution >= 4 is 28.2 Å². The fourth-order valence-electron chi connectivity index (χ4n) is 5.03. The minimum atomic E-state index is -0.347. The Bertz CT molecular complexity index is 1250. The van der Waals surface area contributed by atoms with Crippen LogP contribution in [-0.4, -0.2) is 11.8 Å². The quantitative estimate of drug-likeness (QED) is 0.417. The van der Waals surface area contributed by atoms with Gasteiger partial charge in [-0.2, -0.15) is 0 Å². The van der Waals surface area contributed by atoms with Gasteiger partial charge in [0, 0.05) is 36.2 Å². The highest BCUT2D eigenvalue weighted by molar-refractivity contribution is 6.04. The zero-order valence-corrected chi connectivity index (χ0v) is 18.0. The first-order valence-corrected chi connectivity index (χ1v) is 10.7. The molecule has 3 aromatic carbocycles. The molecule has 0 spiro atoms. The zero-order valence-electron chi connectivity index (χ0n) is 18.0. The Kier molecular flexibility index (Phi) is 4.47. The number of hydrogen-bond acceptors (Lipinski definition) is 4. The zero-order chi connectivity index (χ0) is 21.8. The van der Waals surface area contributed by atoms with Gasteiger partial charge < -0.3 is 10.1 Å². The summed E-state index contributed by atoms with van der Waals surface area (Å²) in [7, 11) is 0. The molecule has 1 heterocycles. The van der Waals surface area contributed by atoms with Crippen LogP contribution in [0.25, 0.3) is 10.8 Å². The molecule has 0 radical (unpaired) electrons. The van der Waals surface area contributed by atoms with Crippen molar-refractivity contribution in [3.8, 4) is 5.75 Å². The molecule has 4 nitrogen and oxygen atoms in total. The molecule has 31 heavy (non-hydrogen) atoms. The van der Waals surface area contributed by atoms with Crippen LogP contribution in [0.3, 0.4) is 0 Å². The summed E-state index contributed by atoms with van der Waals surface area (Å²) < 4.78 is 5.22. The molecular formula is C27H25NO3. The molecule has 0 fully saturated rings. The monoisotopic (exact) mass is 411 g/mol. The third-order valence-electron chi connectivity index (χ3n) is 6.23. The number of rotatable bonds is 2. The lowest BCUT2D eigenvalue weighted by Crippen LogP contribution is -2.33. The van der Waals surface area contributed by atoms with Crippen LogP contribution in [0.15, 0.2) is 71.9 Å². The minimum Gasteiger partial charge on any atom is -0.427 e. The van der Waals surface area contributed by atoms with Crippen LogP contribution in [0.2, 0.25) is 0 Å². The second-order valence-corrected chi connectivity index (χ2v) is 9.30. The lowest BCUT2D eigenvalue weighted by molar-refractivity contribution is -0.131. The molecule has 1 aliphatic heterocycles. The number of ketones is 1. The molecule has 156 valence electrons. The van der Waals surface area contributed by atoms with Gasteiger partial charge in [-0.1, -0.05) is 56.3 Å². The number of carbonyl (C=O) groups is 2. The fraction of sp³-hybridized carbons (Fsp3) is 0.259. The predicted molar refractivity (Wildman–Crippen MR) is 122 cm³/mol. The van der Waals surface area contributed by atoms with Crippen molar-refractivity contribution < 1.29 is 14.3 Å². The summed E-state index contributed by atoms with van der Waals surface area (Å²) in [6, 6.07) is 20.1. The maximum Gasteiger partial charge on any atom is 0.308 e. The molecule has 0 bridgehead atoms. The van der Waals surface area contributed by atoms with Crippen LogP contribution < -0.4 is 10.1 Å². The average molecular weight is 412 g/mol. The molecule has 1 atom stereocenters. The van der Waals surface area contributed by atoms with Crippen molar-refractivity contribution in [2.75, 3.05) is 5.32 Å². The van der Waals surface area contributed by atoms with Gasteiger partial charge in [-0.3, -0.25) is 9.59 Å². The van der Waals surface area contributed by atoms with Gasteiger partial charge in [-0.25, -0.2) is 0 Å². The Labute approximate surface area is 181 Å². The lowest BCUT2D eigenvalue weighted by Gasteiger charge is -2.40. The second kappa shape index (κ2) is 7.09. The number of Topliss-reactive ketones (excluding diaryl/α,β-unsaturated/α-hetero) is 1. The van der Waals surface area contributed by atoms with E-state index >= 15 is 0 Å². The minimum absolute atomic E-state index is 0.0684. The highest BCUT2D eigenvalue weighted by Gasteiger charge is 2.41. The van der Waals surface area contributed by atoms with Crippen molar-refractivity contribution in [1.82, 2.24) is 0 Å². The van der Waals surface area contributed by atoms with E-state index in [4.69, 9.17) is 4.74 Å². The first-order valence-electron chi connectivity index (χ1n) is 10.7. The molecule has 0 aromatic heterocycles. The summed E-state index contributed by atoms with van der Waals surface area (Å²) >= 11 is 0. The summed E-state index contributed by atoms with van der Waals surface area (Å²) in [5.74, 6) is 0.202. The number of anilines is 1. The van der Waals surface area contributed by atoms with Gasteiger partial charge >= 0.3 is 5.97 Å². The van der Waals surface area contributed by atoms with E-state index in [0.717, 1.165) is 45.3 Å². The summed E-state index contributed by atoms with van der Waals surface area (Å²) in [6.07, 6.45) is 1.37. The second-order valence-electron chi connectivity index (χ2n) is 9.30. The standard InChI is InChI=1S/C27H25NO3/c1-16(29)31-19-11-8-18(9-12-19)24-25-20-7-5-4-6-17(20)10-13-21(25)28-22-14-27(2,3)15-23(30)26(22)24/h4-13,24,28H,14-15H2,1-3H3/t24-/m1/s1. The summed E-state index contributed by atoms with van der Waals surface area (Å²) in [5, 5.41) is 5.90. The molecular weight excluding hydrogens is 386 g/mol. The van der Waals surface area contributed by atoms with E-state index in [9.17, 15) is 9.59 Å². The Morgan fingerprint density at radius 1 is 1.00 bits per heavy atom. The summed E-state index contributed by atoms with van der Waals surface area (Å²) in [5.41, 5.74) is 5.03. The van der Waals surface area contributed by atoms with Gasteiger partial charge in [-0.15, -0.1) is 0 Å². The molecule has 5 rings (SSSR count). The molecule has 2 aliphatic rings. The van der Waals surface area contributed by atoms with E-state index in [0.29, 0.717) is 12.2 Å². The number of hydrogen-bond donors (Lipinski definition) is 1. The summed E-state index contributed by atoms with van der Waals surface area (Å²) in [6.45, 7) is 5.69. The van der Waals surface area contributed by atoms with Crippen LogP contribution in [0.5, 0.6) is 5.75 Å². The third kappa shape index (κ3) is 3.42. The van der Waals surface area contributed by atoms with E-state index in [-0.39, 0.29) is 23.1 Å².